The van der Waals surface area contributed by atoms with Gasteiger partial charge in [-0.1, -0.05) is 36.4 Å². The van der Waals surface area contributed by atoms with E-state index in [4.69, 9.17) is 11.6 Å². The lowest BCUT2D eigenvalue weighted by atomic mass is 10.2. The van der Waals surface area contributed by atoms with E-state index in [1.807, 2.05) is 0 Å². The average molecular weight is 234 g/mol. The fourth-order valence-corrected chi connectivity index (χ4v) is 1.69. The fraction of sp³-hybridized carbons (Fsp3) is 0. The quantitative estimate of drug-likeness (QED) is 0.591. The fourth-order valence-electron chi connectivity index (χ4n) is 1.60. The van der Waals surface area contributed by atoms with Crippen molar-refractivity contribution in [2.45, 2.75) is 0 Å². The number of para-hydroxylation sites is 1. The molecule has 0 N–H and O–H groups in total. The minimum absolute atomic E-state index is 0.0850. The largest absolute Gasteiger partial charge is 0.298 e. The molecule has 3 nitrogen and oxygen atoms in total. The predicted molar refractivity (Wildman–Crippen MR) is 62.9 cm³/mol. The van der Waals surface area contributed by atoms with E-state index in [2.05, 4.69) is 6.58 Å². The van der Waals surface area contributed by atoms with E-state index in [0.717, 1.165) is 5.39 Å². The molecule has 0 bridgehead atoms. The van der Waals surface area contributed by atoms with E-state index in [1.54, 1.807) is 24.3 Å². The van der Waals surface area contributed by atoms with Gasteiger partial charge < -0.3 is 0 Å². The summed E-state index contributed by atoms with van der Waals surface area (Å²) in [5, 5.41) is 0.641. The van der Waals surface area contributed by atoms with Crippen LogP contribution in [0.3, 0.4) is 0 Å². The Labute approximate surface area is 96.9 Å². The number of allylic oxidation sites excluding steroid dienone is 1. The second-order valence-corrected chi connectivity index (χ2v) is 3.76. The Morgan fingerprint density at radius 1 is 1.38 bits per heavy atom. The summed E-state index contributed by atoms with van der Waals surface area (Å²) < 4.78 is 1.33. The monoisotopic (exact) mass is 233 g/mol. The van der Waals surface area contributed by atoms with Crippen LogP contribution >= 0.6 is 11.6 Å². The van der Waals surface area contributed by atoms with E-state index in [9.17, 15) is 9.59 Å². The SMILES string of the molecule is C=C(Cl)C(=O)n1cc(C=O)c2ccccc21. The number of halogens is 1. The Morgan fingerprint density at radius 3 is 2.69 bits per heavy atom. The van der Waals surface area contributed by atoms with Gasteiger partial charge in [-0.15, -0.1) is 0 Å². The van der Waals surface area contributed by atoms with Crippen molar-refractivity contribution >= 4 is 34.7 Å². The topological polar surface area (TPSA) is 39.1 Å². The zero-order valence-electron chi connectivity index (χ0n) is 8.31. The maximum atomic E-state index is 11.7. The predicted octanol–water partition coefficient (Wildman–Crippen LogP) is 2.85. The molecule has 16 heavy (non-hydrogen) atoms. The number of aldehydes is 1. The Hall–Kier alpha value is -1.87. The maximum absolute atomic E-state index is 11.7. The van der Waals surface area contributed by atoms with Crippen LogP contribution < -0.4 is 0 Å². The van der Waals surface area contributed by atoms with Gasteiger partial charge in [-0.2, -0.15) is 0 Å². The van der Waals surface area contributed by atoms with E-state index < -0.39 is 5.91 Å². The van der Waals surface area contributed by atoms with Crippen molar-refractivity contribution < 1.29 is 9.59 Å². The number of carbonyl (C=O) groups is 2. The standard InChI is InChI=1S/C12H8ClNO2/c1-8(13)12(16)14-6-9(7-15)10-4-2-3-5-11(10)14/h2-7H,1H2. The van der Waals surface area contributed by atoms with E-state index in [1.165, 1.54) is 10.8 Å². The number of aromatic nitrogens is 1. The highest BCUT2D eigenvalue weighted by Gasteiger charge is 2.13. The smallest absolute Gasteiger partial charge is 0.273 e. The summed E-state index contributed by atoms with van der Waals surface area (Å²) in [6.07, 6.45) is 2.18. The first kappa shape index (κ1) is 10.6. The minimum Gasteiger partial charge on any atom is -0.298 e. The van der Waals surface area contributed by atoms with Crippen LogP contribution in [0.5, 0.6) is 0 Å². The summed E-state index contributed by atoms with van der Waals surface area (Å²) in [7, 11) is 0. The molecule has 0 fully saturated rings. The molecule has 0 atom stereocenters. The molecule has 0 aliphatic heterocycles. The first-order valence-electron chi connectivity index (χ1n) is 4.59. The molecule has 0 spiro atoms. The number of benzene rings is 1. The zero-order valence-corrected chi connectivity index (χ0v) is 9.07. The Balaban J connectivity index is 2.76. The van der Waals surface area contributed by atoms with Crippen molar-refractivity contribution in [3.63, 3.8) is 0 Å². The normalized spacial score (nSPS) is 10.3. The van der Waals surface area contributed by atoms with Crippen LogP contribution in [0.1, 0.15) is 15.2 Å². The Bertz CT molecular complexity index is 598. The number of fused-ring (bicyclic) bond motifs is 1. The van der Waals surface area contributed by atoms with E-state index >= 15 is 0 Å². The lowest BCUT2D eigenvalue weighted by Gasteiger charge is -2.00. The van der Waals surface area contributed by atoms with Gasteiger partial charge in [0.1, 0.15) is 0 Å². The number of rotatable bonds is 2. The van der Waals surface area contributed by atoms with Gasteiger partial charge in [0.2, 0.25) is 0 Å². The molecule has 0 aliphatic rings. The number of nitrogens with zero attached hydrogens (tertiary/aromatic N) is 1. The average Bonchev–Trinajstić information content (AvgIpc) is 2.66. The summed E-state index contributed by atoms with van der Waals surface area (Å²) in [5.41, 5.74) is 1.11. The summed E-state index contributed by atoms with van der Waals surface area (Å²) >= 11 is 5.56. The Morgan fingerprint density at radius 2 is 2.06 bits per heavy atom. The molecule has 2 aromatic rings. The molecule has 1 heterocycles. The van der Waals surface area contributed by atoms with Crippen molar-refractivity contribution in [2.24, 2.45) is 0 Å². The van der Waals surface area contributed by atoms with Gasteiger partial charge in [0.15, 0.2) is 6.29 Å². The highest BCUT2D eigenvalue weighted by Crippen LogP contribution is 2.21. The maximum Gasteiger partial charge on any atom is 0.273 e. The molecular formula is C12H8ClNO2. The van der Waals surface area contributed by atoms with Crippen molar-refractivity contribution in [1.82, 2.24) is 4.57 Å². The van der Waals surface area contributed by atoms with Gasteiger partial charge in [-0.25, -0.2) is 0 Å². The second kappa shape index (κ2) is 3.94. The highest BCUT2D eigenvalue weighted by atomic mass is 35.5. The summed E-state index contributed by atoms with van der Waals surface area (Å²) in [6, 6.07) is 7.12. The molecular weight excluding hydrogens is 226 g/mol. The lowest BCUT2D eigenvalue weighted by molar-refractivity contribution is 0.0969. The van der Waals surface area contributed by atoms with E-state index in [0.29, 0.717) is 17.4 Å². The van der Waals surface area contributed by atoms with Crippen LogP contribution in [0.2, 0.25) is 0 Å². The van der Waals surface area contributed by atoms with Gasteiger partial charge in [0.25, 0.3) is 5.91 Å². The number of hydrogen-bond donors (Lipinski definition) is 0. The summed E-state index contributed by atoms with van der Waals surface area (Å²) in [4.78, 5) is 22.5. The van der Waals surface area contributed by atoms with Crippen molar-refractivity contribution in [1.29, 1.82) is 0 Å². The van der Waals surface area contributed by atoms with E-state index in [-0.39, 0.29) is 5.03 Å². The minimum atomic E-state index is -0.425. The molecule has 0 saturated heterocycles. The molecule has 2 rings (SSSR count). The van der Waals surface area contributed by atoms with Crippen molar-refractivity contribution in [3.05, 3.63) is 47.6 Å². The van der Waals surface area contributed by atoms with Crippen molar-refractivity contribution in [2.75, 3.05) is 0 Å². The third kappa shape index (κ3) is 1.55. The summed E-state index contributed by atoms with van der Waals surface area (Å²) in [5.74, 6) is -0.425. The van der Waals surface area contributed by atoms with Crippen LogP contribution in [0.4, 0.5) is 0 Å². The number of carbonyl (C=O) groups excluding carboxylic acids is 2. The molecule has 1 aromatic carbocycles. The van der Waals surface area contributed by atoms with Crippen LogP contribution in [0.15, 0.2) is 42.1 Å². The first-order valence-corrected chi connectivity index (χ1v) is 4.97. The molecule has 1 aromatic heterocycles. The van der Waals surface area contributed by atoms with Gasteiger partial charge in [-0.05, 0) is 6.07 Å². The molecule has 0 radical (unpaired) electrons. The van der Waals surface area contributed by atoms with Crippen LogP contribution in [-0.4, -0.2) is 16.8 Å². The lowest BCUT2D eigenvalue weighted by Crippen LogP contribution is -2.08. The molecule has 4 heteroatoms. The van der Waals surface area contributed by atoms with Gasteiger partial charge in [0.05, 0.1) is 10.5 Å². The number of hydrogen-bond acceptors (Lipinski definition) is 2. The molecule has 80 valence electrons. The van der Waals surface area contributed by atoms with Crippen LogP contribution in [0.25, 0.3) is 10.9 Å². The second-order valence-electron chi connectivity index (χ2n) is 3.30. The third-order valence-corrected chi connectivity index (χ3v) is 2.48. The molecule has 0 aliphatic carbocycles. The Kier molecular flexibility index (Phi) is 2.62. The van der Waals surface area contributed by atoms with Crippen molar-refractivity contribution in [3.8, 4) is 0 Å². The highest BCUT2D eigenvalue weighted by molar-refractivity contribution is 6.42. The third-order valence-electron chi connectivity index (χ3n) is 2.32. The molecule has 0 amide bonds. The first-order chi connectivity index (χ1) is 7.65. The molecule has 0 saturated carbocycles. The summed E-state index contributed by atoms with van der Waals surface area (Å²) in [6.45, 7) is 3.38. The van der Waals surface area contributed by atoms with Gasteiger partial charge in [0, 0.05) is 17.1 Å². The zero-order chi connectivity index (χ0) is 11.7. The van der Waals surface area contributed by atoms with Crippen LogP contribution in [0, 0.1) is 0 Å². The van der Waals surface area contributed by atoms with Crippen LogP contribution in [-0.2, 0) is 0 Å². The molecule has 0 unspecified atom stereocenters. The van der Waals surface area contributed by atoms with Gasteiger partial charge in [-0.3, -0.25) is 14.2 Å². The van der Waals surface area contributed by atoms with Gasteiger partial charge >= 0.3 is 0 Å².